The van der Waals surface area contributed by atoms with Crippen molar-refractivity contribution < 1.29 is 19.1 Å². The van der Waals surface area contributed by atoms with Gasteiger partial charge in [0.15, 0.2) is 5.13 Å². The standard InChI is InChI=1S/C21H21N3O4S/c1-3-27-16-13-9-8-12-15(16)18(25)23-19-17(14-10-6-5-7-11-14)22-20(29-19)24-21(26)28-4-2/h5-13H,3-4H2,1-2H3,(H,23,25)(H,22,24,26). The van der Waals surface area contributed by atoms with Gasteiger partial charge in [-0.3, -0.25) is 10.1 Å². The number of hydrogen-bond donors (Lipinski definition) is 2. The van der Waals surface area contributed by atoms with E-state index in [1.807, 2.05) is 43.3 Å². The Kier molecular flexibility index (Phi) is 6.80. The molecule has 0 aliphatic rings. The second kappa shape index (κ2) is 9.70. The minimum absolute atomic E-state index is 0.251. The number of carbonyl (C=O) groups excluding carboxylic acids is 2. The summed E-state index contributed by atoms with van der Waals surface area (Å²) in [6.45, 7) is 4.28. The zero-order chi connectivity index (χ0) is 20.6. The molecule has 0 bridgehead atoms. The van der Waals surface area contributed by atoms with Gasteiger partial charge < -0.3 is 14.8 Å². The Morgan fingerprint density at radius 1 is 0.966 bits per heavy atom. The van der Waals surface area contributed by atoms with Crippen LogP contribution in [0.5, 0.6) is 5.75 Å². The largest absolute Gasteiger partial charge is 0.493 e. The molecule has 3 aromatic rings. The van der Waals surface area contributed by atoms with E-state index in [4.69, 9.17) is 9.47 Å². The zero-order valence-electron chi connectivity index (χ0n) is 16.1. The van der Waals surface area contributed by atoms with Crippen LogP contribution in [0.3, 0.4) is 0 Å². The molecule has 0 spiro atoms. The number of anilines is 2. The molecule has 1 aromatic heterocycles. The van der Waals surface area contributed by atoms with Crippen molar-refractivity contribution in [3.63, 3.8) is 0 Å². The first-order chi connectivity index (χ1) is 14.1. The van der Waals surface area contributed by atoms with Crippen LogP contribution in [0, 0.1) is 0 Å². The van der Waals surface area contributed by atoms with Crippen LogP contribution in [-0.4, -0.2) is 30.2 Å². The summed E-state index contributed by atoms with van der Waals surface area (Å²) in [4.78, 5) is 29.1. The third-order valence-corrected chi connectivity index (χ3v) is 4.70. The number of benzene rings is 2. The molecule has 0 aliphatic heterocycles. The monoisotopic (exact) mass is 411 g/mol. The molecule has 2 N–H and O–H groups in total. The first kappa shape index (κ1) is 20.3. The first-order valence-electron chi connectivity index (χ1n) is 9.15. The summed E-state index contributed by atoms with van der Waals surface area (Å²) in [6.07, 6.45) is -0.597. The normalized spacial score (nSPS) is 10.3. The van der Waals surface area contributed by atoms with Crippen molar-refractivity contribution in [2.24, 2.45) is 0 Å². The molecule has 3 rings (SSSR count). The lowest BCUT2D eigenvalue weighted by molar-refractivity contribution is 0.102. The maximum absolute atomic E-state index is 12.9. The maximum atomic E-state index is 12.9. The van der Waals surface area contributed by atoms with E-state index in [0.717, 1.165) is 16.9 Å². The average molecular weight is 411 g/mol. The molecule has 0 atom stereocenters. The van der Waals surface area contributed by atoms with Gasteiger partial charge in [0, 0.05) is 5.56 Å². The molecule has 29 heavy (non-hydrogen) atoms. The topological polar surface area (TPSA) is 89.5 Å². The molecule has 2 aromatic carbocycles. The molecule has 1 heterocycles. The van der Waals surface area contributed by atoms with E-state index in [-0.39, 0.29) is 12.5 Å². The summed E-state index contributed by atoms with van der Waals surface area (Å²) in [5.41, 5.74) is 1.79. The first-order valence-corrected chi connectivity index (χ1v) is 9.97. The molecular formula is C21H21N3O4S. The highest BCUT2D eigenvalue weighted by molar-refractivity contribution is 7.20. The summed E-state index contributed by atoms with van der Waals surface area (Å²) >= 11 is 1.15. The van der Waals surface area contributed by atoms with Gasteiger partial charge in [-0.25, -0.2) is 9.78 Å². The van der Waals surface area contributed by atoms with Crippen molar-refractivity contribution in [3.8, 4) is 17.0 Å². The third-order valence-electron chi connectivity index (χ3n) is 3.82. The van der Waals surface area contributed by atoms with Gasteiger partial charge in [-0.05, 0) is 26.0 Å². The van der Waals surface area contributed by atoms with Gasteiger partial charge in [-0.2, -0.15) is 0 Å². The molecule has 7 nitrogen and oxygen atoms in total. The summed E-state index contributed by atoms with van der Waals surface area (Å²) in [5, 5.41) is 6.33. The van der Waals surface area contributed by atoms with E-state index in [2.05, 4.69) is 15.6 Å². The van der Waals surface area contributed by atoms with E-state index < -0.39 is 6.09 Å². The lowest BCUT2D eigenvalue weighted by atomic mass is 10.1. The van der Waals surface area contributed by atoms with E-state index >= 15 is 0 Å². The van der Waals surface area contributed by atoms with E-state index in [9.17, 15) is 9.59 Å². The Labute approximate surface area is 172 Å². The Morgan fingerprint density at radius 2 is 1.69 bits per heavy atom. The maximum Gasteiger partial charge on any atom is 0.413 e. The Balaban J connectivity index is 1.92. The molecule has 0 radical (unpaired) electrons. The van der Waals surface area contributed by atoms with Gasteiger partial charge in [0.1, 0.15) is 16.4 Å². The predicted molar refractivity (Wildman–Crippen MR) is 114 cm³/mol. The molecule has 0 saturated heterocycles. The van der Waals surface area contributed by atoms with Crippen LogP contribution in [0.1, 0.15) is 24.2 Å². The van der Waals surface area contributed by atoms with Crippen molar-refractivity contribution >= 4 is 33.5 Å². The molecule has 2 amide bonds. The fraction of sp³-hybridized carbons (Fsp3) is 0.190. The van der Waals surface area contributed by atoms with Gasteiger partial charge >= 0.3 is 6.09 Å². The number of amides is 2. The van der Waals surface area contributed by atoms with E-state index in [0.29, 0.717) is 33.7 Å². The van der Waals surface area contributed by atoms with Crippen LogP contribution in [0.4, 0.5) is 14.9 Å². The fourth-order valence-corrected chi connectivity index (χ4v) is 3.48. The van der Waals surface area contributed by atoms with Crippen molar-refractivity contribution in [2.75, 3.05) is 23.8 Å². The minimum atomic E-state index is -0.597. The number of para-hydroxylation sites is 1. The number of aromatic nitrogens is 1. The summed E-state index contributed by atoms with van der Waals surface area (Å²) in [6, 6.07) is 16.4. The van der Waals surface area contributed by atoms with Crippen molar-refractivity contribution in [3.05, 3.63) is 60.2 Å². The van der Waals surface area contributed by atoms with E-state index in [1.54, 1.807) is 25.1 Å². The SMILES string of the molecule is CCOC(=O)Nc1nc(-c2ccccc2)c(NC(=O)c2ccccc2OCC)s1. The molecule has 0 unspecified atom stereocenters. The highest BCUT2D eigenvalue weighted by Crippen LogP contribution is 2.36. The van der Waals surface area contributed by atoms with Crippen LogP contribution in [0.25, 0.3) is 11.3 Å². The van der Waals surface area contributed by atoms with Crippen LogP contribution < -0.4 is 15.4 Å². The zero-order valence-corrected chi connectivity index (χ0v) is 16.9. The van der Waals surface area contributed by atoms with Crippen molar-refractivity contribution in [1.29, 1.82) is 0 Å². The predicted octanol–water partition coefficient (Wildman–Crippen LogP) is 5.03. The minimum Gasteiger partial charge on any atom is -0.493 e. The van der Waals surface area contributed by atoms with Crippen molar-refractivity contribution in [1.82, 2.24) is 4.98 Å². The Hall–Kier alpha value is -3.39. The third kappa shape index (κ3) is 5.11. The van der Waals surface area contributed by atoms with Gasteiger partial charge in [-0.1, -0.05) is 53.8 Å². The molecule has 0 saturated carbocycles. The molecule has 0 aliphatic carbocycles. The van der Waals surface area contributed by atoms with Crippen LogP contribution >= 0.6 is 11.3 Å². The summed E-state index contributed by atoms with van der Waals surface area (Å²) in [5.74, 6) is 0.181. The average Bonchev–Trinajstić information content (AvgIpc) is 3.11. The number of thiazole rings is 1. The lowest BCUT2D eigenvalue weighted by Gasteiger charge is -2.10. The molecule has 150 valence electrons. The van der Waals surface area contributed by atoms with Gasteiger partial charge in [0.05, 0.1) is 18.8 Å². The van der Waals surface area contributed by atoms with Crippen LogP contribution in [0.15, 0.2) is 54.6 Å². The van der Waals surface area contributed by atoms with Crippen LogP contribution in [-0.2, 0) is 4.74 Å². The van der Waals surface area contributed by atoms with Crippen LogP contribution in [0.2, 0.25) is 0 Å². The van der Waals surface area contributed by atoms with E-state index in [1.165, 1.54) is 0 Å². The number of carbonyl (C=O) groups is 2. The smallest absolute Gasteiger partial charge is 0.413 e. The summed E-state index contributed by atoms with van der Waals surface area (Å²) in [7, 11) is 0. The second-order valence-electron chi connectivity index (χ2n) is 5.79. The Morgan fingerprint density at radius 3 is 2.41 bits per heavy atom. The summed E-state index contributed by atoms with van der Waals surface area (Å²) < 4.78 is 10.5. The highest BCUT2D eigenvalue weighted by atomic mass is 32.1. The highest BCUT2D eigenvalue weighted by Gasteiger charge is 2.19. The Bertz CT molecular complexity index is 989. The number of hydrogen-bond acceptors (Lipinski definition) is 6. The number of nitrogens with zero attached hydrogens (tertiary/aromatic N) is 1. The molecule has 0 fully saturated rings. The number of ether oxygens (including phenoxy) is 2. The quantitative estimate of drug-likeness (QED) is 0.569. The molecular weight excluding hydrogens is 390 g/mol. The van der Waals surface area contributed by atoms with Gasteiger partial charge in [0.2, 0.25) is 0 Å². The molecule has 8 heteroatoms. The second-order valence-corrected chi connectivity index (χ2v) is 6.79. The number of rotatable bonds is 7. The van der Waals surface area contributed by atoms with Gasteiger partial charge in [0.25, 0.3) is 5.91 Å². The van der Waals surface area contributed by atoms with Crippen molar-refractivity contribution in [2.45, 2.75) is 13.8 Å². The fourth-order valence-electron chi connectivity index (χ4n) is 2.61. The van der Waals surface area contributed by atoms with Gasteiger partial charge in [-0.15, -0.1) is 0 Å². The number of nitrogens with one attached hydrogen (secondary N) is 2. The lowest BCUT2D eigenvalue weighted by Crippen LogP contribution is -2.13.